The lowest BCUT2D eigenvalue weighted by atomic mass is 9.62. The van der Waals surface area contributed by atoms with E-state index in [9.17, 15) is 0 Å². The molecule has 1 fully saturated rings. The van der Waals surface area contributed by atoms with Gasteiger partial charge in [0, 0.05) is 45.0 Å². The lowest BCUT2D eigenvalue weighted by molar-refractivity contribution is 0.272. The molecule has 0 saturated heterocycles. The Bertz CT molecular complexity index is 2320. The molecule has 0 amide bonds. The van der Waals surface area contributed by atoms with Gasteiger partial charge >= 0.3 is 0 Å². The highest BCUT2D eigenvalue weighted by atomic mass is 15.1. The van der Waals surface area contributed by atoms with Gasteiger partial charge in [-0.2, -0.15) is 0 Å². The molecule has 0 N–H and O–H groups in total. The third kappa shape index (κ3) is 5.91. The summed E-state index contributed by atoms with van der Waals surface area (Å²) in [5.41, 5.74) is 15.2. The van der Waals surface area contributed by atoms with Crippen LogP contribution in [0, 0.1) is 5.92 Å². The van der Waals surface area contributed by atoms with Crippen LogP contribution in [-0.2, 0) is 10.8 Å². The molecule has 9 rings (SSSR count). The minimum atomic E-state index is -0.0625. The molecule has 0 aromatic heterocycles. The van der Waals surface area contributed by atoms with Gasteiger partial charge in [0.15, 0.2) is 0 Å². The molecule has 7 aromatic carbocycles. The van der Waals surface area contributed by atoms with Crippen LogP contribution in [0.15, 0.2) is 182 Å². The summed E-state index contributed by atoms with van der Waals surface area (Å²) in [5, 5.41) is 0. The molecular formula is C52H48N2. The fourth-order valence-corrected chi connectivity index (χ4v) is 9.56. The molecule has 2 aliphatic rings. The van der Waals surface area contributed by atoms with Gasteiger partial charge in [-0.15, -0.1) is 0 Å². The number of anilines is 6. The Labute approximate surface area is 321 Å². The highest BCUT2D eigenvalue weighted by molar-refractivity contribution is 5.85. The Morgan fingerprint density at radius 1 is 0.444 bits per heavy atom. The van der Waals surface area contributed by atoms with Crippen molar-refractivity contribution < 1.29 is 0 Å². The van der Waals surface area contributed by atoms with Gasteiger partial charge < -0.3 is 9.80 Å². The van der Waals surface area contributed by atoms with Gasteiger partial charge in [0.25, 0.3) is 0 Å². The molecule has 7 aromatic rings. The predicted octanol–water partition coefficient (Wildman–Crippen LogP) is 14.4. The minimum absolute atomic E-state index is 0.0417. The lowest BCUT2D eigenvalue weighted by Gasteiger charge is -2.42. The van der Waals surface area contributed by atoms with Crippen LogP contribution in [0.1, 0.15) is 68.7 Å². The second-order valence-corrected chi connectivity index (χ2v) is 16.0. The standard InChI is InChI=1S/C52H48N2/c1-38-16-15-35-52(37-38,39-25-29-44(30-26-39)53(41-17-7-4-8-18-41)42-19-9-5-10-20-42)40-27-31-45(32-28-40)54(43-21-11-6-12-22-43)46-33-34-48-47-23-13-14-24-49(47)51(2,3)50(48)36-46/h4-14,17-34,36,38H,15-16,35,37H2,1-3H3. The molecule has 0 spiro atoms. The van der Waals surface area contributed by atoms with Crippen LogP contribution in [0.4, 0.5) is 34.1 Å². The van der Waals surface area contributed by atoms with Crippen LogP contribution < -0.4 is 9.80 Å². The van der Waals surface area contributed by atoms with E-state index >= 15 is 0 Å². The summed E-state index contributed by atoms with van der Waals surface area (Å²) in [7, 11) is 0. The minimum Gasteiger partial charge on any atom is -0.311 e. The summed E-state index contributed by atoms with van der Waals surface area (Å²) in [6.45, 7) is 7.16. The van der Waals surface area contributed by atoms with Crippen LogP contribution >= 0.6 is 0 Å². The SMILES string of the molecule is CC1CCCC(c2ccc(N(c3ccccc3)c3ccccc3)cc2)(c2ccc(N(c3ccccc3)c3ccc4c(c3)C(C)(C)c3ccccc3-4)cc2)C1. The number of hydrogen-bond donors (Lipinski definition) is 0. The average molecular weight is 701 g/mol. The summed E-state index contributed by atoms with van der Waals surface area (Å²) >= 11 is 0. The Kier molecular flexibility index (Phi) is 8.70. The van der Waals surface area contributed by atoms with E-state index < -0.39 is 0 Å². The van der Waals surface area contributed by atoms with E-state index in [0.717, 1.165) is 29.9 Å². The monoisotopic (exact) mass is 700 g/mol. The first-order chi connectivity index (χ1) is 26.4. The highest BCUT2D eigenvalue weighted by Crippen LogP contribution is 2.52. The van der Waals surface area contributed by atoms with Crippen molar-refractivity contribution in [3.8, 4) is 11.1 Å². The Hall–Kier alpha value is -5.86. The van der Waals surface area contributed by atoms with Crippen LogP contribution in [0.3, 0.4) is 0 Å². The summed E-state index contributed by atoms with van der Waals surface area (Å²) in [4.78, 5) is 4.78. The van der Waals surface area contributed by atoms with Crippen molar-refractivity contribution in [3.63, 3.8) is 0 Å². The zero-order valence-electron chi connectivity index (χ0n) is 31.6. The van der Waals surface area contributed by atoms with Crippen LogP contribution in [-0.4, -0.2) is 0 Å². The molecular weight excluding hydrogens is 653 g/mol. The second kappa shape index (κ2) is 13.8. The number of para-hydroxylation sites is 3. The quantitative estimate of drug-likeness (QED) is 0.156. The van der Waals surface area contributed by atoms with E-state index in [2.05, 4.69) is 213 Å². The molecule has 0 bridgehead atoms. The summed E-state index contributed by atoms with van der Waals surface area (Å²) < 4.78 is 0. The van der Waals surface area contributed by atoms with E-state index in [1.807, 2.05) is 0 Å². The van der Waals surface area contributed by atoms with E-state index in [1.54, 1.807) is 0 Å². The van der Waals surface area contributed by atoms with Gasteiger partial charge in [-0.3, -0.25) is 0 Å². The number of fused-ring (bicyclic) bond motifs is 3. The number of rotatable bonds is 8. The molecule has 266 valence electrons. The summed E-state index contributed by atoms with van der Waals surface area (Å²) in [5.74, 6) is 0.656. The van der Waals surface area contributed by atoms with Gasteiger partial charge in [0.1, 0.15) is 0 Å². The maximum absolute atomic E-state index is 2.44. The molecule has 2 heteroatoms. The van der Waals surface area contributed by atoms with Crippen LogP contribution in [0.5, 0.6) is 0 Å². The normalized spacial score (nSPS) is 18.4. The fraction of sp³-hybridized carbons (Fsp3) is 0.192. The molecule has 2 nitrogen and oxygen atoms in total. The maximum atomic E-state index is 2.44. The zero-order chi connectivity index (χ0) is 36.7. The molecule has 0 radical (unpaired) electrons. The summed E-state index contributed by atoms with van der Waals surface area (Å²) in [6, 6.07) is 67.2. The first kappa shape index (κ1) is 33.9. The van der Waals surface area contributed by atoms with Crippen molar-refractivity contribution >= 4 is 34.1 Å². The zero-order valence-corrected chi connectivity index (χ0v) is 31.6. The Morgan fingerprint density at radius 3 is 1.39 bits per heavy atom. The first-order valence-corrected chi connectivity index (χ1v) is 19.6. The van der Waals surface area contributed by atoms with Gasteiger partial charge in [-0.05, 0) is 125 Å². The van der Waals surface area contributed by atoms with Gasteiger partial charge in [0.05, 0.1) is 0 Å². The first-order valence-electron chi connectivity index (χ1n) is 19.6. The molecule has 1 saturated carbocycles. The van der Waals surface area contributed by atoms with Crippen LogP contribution in [0.25, 0.3) is 11.1 Å². The van der Waals surface area contributed by atoms with Gasteiger partial charge in [-0.1, -0.05) is 143 Å². The molecule has 2 aliphatic carbocycles. The molecule has 0 aliphatic heterocycles. The predicted molar refractivity (Wildman–Crippen MR) is 228 cm³/mol. The van der Waals surface area contributed by atoms with Crippen molar-refractivity contribution in [2.75, 3.05) is 9.80 Å². The molecule has 2 atom stereocenters. The number of nitrogens with zero attached hydrogens (tertiary/aromatic N) is 2. The molecule has 2 unspecified atom stereocenters. The van der Waals surface area contributed by atoms with Crippen molar-refractivity contribution in [2.45, 2.75) is 57.3 Å². The highest BCUT2D eigenvalue weighted by Gasteiger charge is 2.39. The number of hydrogen-bond acceptors (Lipinski definition) is 2. The Balaban J connectivity index is 1.10. The second-order valence-electron chi connectivity index (χ2n) is 16.0. The largest absolute Gasteiger partial charge is 0.311 e. The molecule has 0 heterocycles. The van der Waals surface area contributed by atoms with Gasteiger partial charge in [0.2, 0.25) is 0 Å². The van der Waals surface area contributed by atoms with Crippen molar-refractivity contribution in [1.82, 2.24) is 0 Å². The fourth-order valence-electron chi connectivity index (χ4n) is 9.56. The van der Waals surface area contributed by atoms with Gasteiger partial charge in [-0.25, -0.2) is 0 Å². The van der Waals surface area contributed by atoms with Crippen molar-refractivity contribution in [3.05, 3.63) is 204 Å². The van der Waals surface area contributed by atoms with E-state index in [0.29, 0.717) is 5.92 Å². The third-order valence-electron chi connectivity index (χ3n) is 12.2. The third-order valence-corrected chi connectivity index (χ3v) is 12.2. The smallest absolute Gasteiger partial charge is 0.0465 e. The lowest BCUT2D eigenvalue weighted by Crippen LogP contribution is -2.33. The average Bonchev–Trinajstić information content (AvgIpc) is 3.45. The number of benzene rings is 7. The Morgan fingerprint density at radius 2 is 0.870 bits per heavy atom. The van der Waals surface area contributed by atoms with E-state index in [1.165, 1.54) is 63.3 Å². The van der Waals surface area contributed by atoms with Crippen molar-refractivity contribution in [2.24, 2.45) is 5.92 Å². The van der Waals surface area contributed by atoms with Crippen LogP contribution in [0.2, 0.25) is 0 Å². The maximum Gasteiger partial charge on any atom is 0.0465 e. The van der Waals surface area contributed by atoms with Crippen molar-refractivity contribution in [1.29, 1.82) is 0 Å². The van der Waals surface area contributed by atoms with E-state index in [4.69, 9.17) is 0 Å². The molecule has 54 heavy (non-hydrogen) atoms. The van der Waals surface area contributed by atoms with E-state index in [-0.39, 0.29) is 10.8 Å². The summed E-state index contributed by atoms with van der Waals surface area (Å²) in [6.07, 6.45) is 4.82. The topological polar surface area (TPSA) is 6.48 Å².